The molecule has 0 saturated carbocycles. The molecule has 0 amide bonds. The Kier molecular flexibility index (Phi) is 4.59. The Morgan fingerprint density at radius 2 is 2.18 bits per heavy atom. The Morgan fingerprint density at radius 3 is 2.55 bits per heavy atom. The van der Waals surface area contributed by atoms with E-state index in [1.165, 1.54) is 6.42 Å². The number of aliphatic imine (C=N–C) groups is 1. The van der Waals surface area contributed by atoms with Crippen molar-refractivity contribution < 1.29 is 0 Å². The largest absolute Gasteiger partial charge is 0.384 e. The molecule has 0 aromatic carbocycles. The van der Waals surface area contributed by atoms with E-state index >= 15 is 0 Å². The second kappa shape index (κ2) is 4.94. The van der Waals surface area contributed by atoms with Crippen LogP contribution >= 0.6 is 0 Å². The van der Waals surface area contributed by atoms with Gasteiger partial charge in [-0.25, -0.2) is 4.99 Å². The molecule has 64 valence electrons. The average Bonchev–Trinajstić information content (AvgIpc) is 1.98. The lowest BCUT2D eigenvalue weighted by molar-refractivity contribution is 0.475. The van der Waals surface area contributed by atoms with Gasteiger partial charge in [0, 0.05) is 6.21 Å². The maximum absolute atomic E-state index is 5.29. The smallest absolute Gasteiger partial charge is 0.115 e. The van der Waals surface area contributed by atoms with E-state index in [-0.39, 0.29) is 0 Å². The topological polar surface area (TPSA) is 38.4 Å². The molecular weight excluding hydrogens is 136 g/mol. The van der Waals surface area contributed by atoms with Crippen molar-refractivity contribution in [2.24, 2.45) is 22.6 Å². The minimum Gasteiger partial charge on any atom is -0.384 e. The van der Waals surface area contributed by atoms with Gasteiger partial charge in [-0.05, 0) is 11.8 Å². The highest BCUT2D eigenvalue weighted by atomic mass is 14.9. The Bertz CT molecular complexity index is 150. The second-order valence-electron chi connectivity index (χ2n) is 3.01. The van der Waals surface area contributed by atoms with Crippen LogP contribution in [0.15, 0.2) is 17.4 Å². The molecule has 0 heterocycles. The van der Waals surface area contributed by atoms with Crippen LogP contribution in [0.2, 0.25) is 0 Å². The van der Waals surface area contributed by atoms with Crippen LogP contribution in [-0.4, -0.2) is 6.21 Å². The molecule has 0 aliphatic rings. The maximum atomic E-state index is 5.29. The fourth-order valence-corrected chi connectivity index (χ4v) is 0.732. The monoisotopic (exact) mass is 154 g/mol. The molecule has 11 heavy (non-hydrogen) atoms. The third kappa shape index (κ3) is 4.59. The summed E-state index contributed by atoms with van der Waals surface area (Å²) in [6, 6.07) is 0. The molecule has 0 aliphatic carbocycles. The normalized spacial score (nSPS) is 16.6. The zero-order valence-electron chi connectivity index (χ0n) is 7.67. The van der Waals surface area contributed by atoms with Crippen molar-refractivity contribution in [2.45, 2.75) is 27.2 Å². The second-order valence-corrected chi connectivity index (χ2v) is 3.01. The average molecular weight is 154 g/mol. The summed E-state index contributed by atoms with van der Waals surface area (Å²) in [6.07, 6.45) is 3.04. The van der Waals surface area contributed by atoms with Crippen LogP contribution in [0.5, 0.6) is 0 Å². The summed E-state index contributed by atoms with van der Waals surface area (Å²) < 4.78 is 0. The Morgan fingerprint density at radius 1 is 1.64 bits per heavy atom. The lowest BCUT2D eigenvalue weighted by Gasteiger charge is -2.12. The fourth-order valence-electron chi connectivity index (χ4n) is 0.732. The molecule has 2 heteroatoms. The summed E-state index contributed by atoms with van der Waals surface area (Å²) in [7, 11) is 0. The van der Waals surface area contributed by atoms with Crippen molar-refractivity contribution in [1.29, 1.82) is 0 Å². The van der Waals surface area contributed by atoms with E-state index in [4.69, 9.17) is 5.73 Å². The molecule has 2 N–H and O–H groups in total. The van der Waals surface area contributed by atoms with E-state index in [9.17, 15) is 0 Å². The van der Waals surface area contributed by atoms with Crippen LogP contribution in [0.1, 0.15) is 27.2 Å². The first kappa shape index (κ1) is 10.2. The van der Waals surface area contributed by atoms with Gasteiger partial charge in [-0.3, -0.25) is 0 Å². The molecule has 2 nitrogen and oxygen atoms in total. The molecule has 0 fully saturated rings. The van der Waals surface area contributed by atoms with Gasteiger partial charge < -0.3 is 5.73 Å². The van der Waals surface area contributed by atoms with Crippen LogP contribution in [0.4, 0.5) is 0 Å². The molecule has 0 aromatic heterocycles. The molecule has 0 aliphatic heterocycles. The highest BCUT2D eigenvalue weighted by molar-refractivity contribution is 5.61. The lowest BCUT2D eigenvalue weighted by Crippen LogP contribution is -2.08. The summed E-state index contributed by atoms with van der Waals surface area (Å²) in [5.74, 6) is 1.54. The van der Waals surface area contributed by atoms with Crippen molar-refractivity contribution in [3.63, 3.8) is 0 Å². The predicted molar refractivity (Wildman–Crippen MR) is 50.4 cm³/mol. The van der Waals surface area contributed by atoms with Gasteiger partial charge in [-0.1, -0.05) is 33.8 Å². The molecular formula is C9H18N2. The van der Waals surface area contributed by atoms with Crippen molar-refractivity contribution in [3.8, 4) is 0 Å². The van der Waals surface area contributed by atoms with E-state index in [1.807, 2.05) is 6.21 Å². The first-order valence-electron chi connectivity index (χ1n) is 4.06. The van der Waals surface area contributed by atoms with Gasteiger partial charge in [0.1, 0.15) is 5.82 Å². The summed E-state index contributed by atoms with van der Waals surface area (Å²) >= 11 is 0. The van der Waals surface area contributed by atoms with Crippen LogP contribution in [-0.2, 0) is 0 Å². The molecule has 0 saturated heterocycles. The number of hydrogen-bond acceptors (Lipinski definition) is 2. The van der Waals surface area contributed by atoms with Crippen LogP contribution < -0.4 is 5.73 Å². The third-order valence-electron chi connectivity index (χ3n) is 2.02. The first-order chi connectivity index (χ1) is 5.07. The van der Waals surface area contributed by atoms with E-state index in [2.05, 4.69) is 32.3 Å². The number of nitrogens with two attached hydrogens (primary N) is 1. The number of rotatable bonds is 4. The summed E-state index contributed by atoms with van der Waals surface area (Å²) in [4.78, 5) is 3.95. The lowest BCUT2D eigenvalue weighted by atomic mass is 9.95. The number of nitrogens with zero attached hydrogens (tertiary/aromatic N) is 1. The number of hydrogen-bond donors (Lipinski definition) is 1. The predicted octanol–water partition coefficient (Wildman–Crippen LogP) is 2.17. The van der Waals surface area contributed by atoms with Gasteiger partial charge in [0.25, 0.3) is 0 Å². The third-order valence-corrected chi connectivity index (χ3v) is 2.02. The fraction of sp³-hybridized carbons (Fsp3) is 0.667. The molecule has 2 atom stereocenters. The highest BCUT2D eigenvalue weighted by Gasteiger charge is 2.06. The maximum Gasteiger partial charge on any atom is 0.115 e. The van der Waals surface area contributed by atoms with Gasteiger partial charge in [-0.2, -0.15) is 0 Å². The molecule has 1 unspecified atom stereocenters. The van der Waals surface area contributed by atoms with E-state index in [0.29, 0.717) is 17.7 Å². The summed E-state index contributed by atoms with van der Waals surface area (Å²) in [5.41, 5.74) is 5.29. The van der Waals surface area contributed by atoms with Crippen molar-refractivity contribution >= 4 is 6.21 Å². The van der Waals surface area contributed by atoms with Crippen LogP contribution in [0, 0.1) is 11.8 Å². The van der Waals surface area contributed by atoms with Gasteiger partial charge in [0.2, 0.25) is 0 Å². The Hall–Kier alpha value is -0.790. The minimum atomic E-state index is 0.389. The standard InChI is InChI=1S/C9H18N2/c1-5-7(2)8(3)6-11-9(4)10/h6-8H,4-5,10H2,1-3H3/b11-6-/t7-,8?/m0/s1. The Labute approximate surface area is 69.2 Å². The molecule has 0 spiro atoms. The quantitative estimate of drug-likeness (QED) is 0.619. The first-order valence-corrected chi connectivity index (χ1v) is 4.06. The van der Waals surface area contributed by atoms with Gasteiger partial charge in [-0.15, -0.1) is 0 Å². The van der Waals surface area contributed by atoms with Gasteiger partial charge in [0.05, 0.1) is 0 Å². The Balaban J connectivity index is 3.85. The van der Waals surface area contributed by atoms with Crippen molar-refractivity contribution in [1.82, 2.24) is 0 Å². The van der Waals surface area contributed by atoms with Crippen molar-refractivity contribution in [3.05, 3.63) is 12.4 Å². The zero-order valence-corrected chi connectivity index (χ0v) is 7.67. The van der Waals surface area contributed by atoms with E-state index in [1.54, 1.807) is 0 Å². The summed E-state index contributed by atoms with van der Waals surface area (Å²) in [5, 5.41) is 0. The highest BCUT2D eigenvalue weighted by Crippen LogP contribution is 2.11. The van der Waals surface area contributed by atoms with Crippen LogP contribution in [0.25, 0.3) is 0 Å². The molecule has 0 radical (unpaired) electrons. The molecule has 0 rings (SSSR count). The zero-order chi connectivity index (χ0) is 8.85. The van der Waals surface area contributed by atoms with Gasteiger partial charge >= 0.3 is 0 Å². The summed E-state index contributed by atoms with van der Waals surface area (Å²) in [6.45, 7) is 10.0. The SMILES string of the molecule is C=C(N)/N=C\C(C)[C@@H](C)CC. The minimum absolute atomic E-state index is 0.389. The van der Waals surface area contributed by atoms with Crippen LogP contribution in [0.3, 0.4) is 0 Å². The van der Waals surface area contributed by atoms with Crippen molar-refractivity contribution in [2.75, 3.05) is 0 Å². The van der Waals surface area contributed by atoms with E-state index in [0.717, 1.165) is 0 Å². The molecule has 0 bridgehead atoms. The van der Waals surface area contributed by atoms with Gasteiger partial charge in [0.15, 0.2) is 0 Å². The molecule has 0 aromatic rings. The van der Waals surface area contributed by atoms with E-state index < -0.39 is 0 Å².